The van der Waals surface area contributed by atoms with Gasteiger partial charge in [0.05, 0.1) is 11.4 Å². The third-order valence-corrected chi connectivity index (χ3v) is 2.78. The molecule has 1 rings (SSSR count). The number of hydrogen-bond acceptors (Lipinski definition) is 2. The van der Waals surface area contributed by atoms with Gasteiger partial charge in [-0.25, -0.2) is 4.39 Å². The molecular weight excluding hydrogens is 191 g/mol. The molecule has 0 fully saturated rings. The minimum atomic E-state index is -0.344. The number of halogens is 1. The fourth-order valence-corrected chi connectivity index (χ4v) is 1.68. The van der Waals surface area contributed by atoms with Gasteiger partial charge in [-0.05, 0) is 25.5 Å². The molecule has 1 unspecified atom stereocenters. The first-order valence-corrected chi connectivity index (χ1v) is 5.34. The Hall–Kier alpha value is -1.25. The van der Waals surface area contributed by atoms with Crippen LogP contribution in [0.3, 0.4) is 0 Å². The summed E-state index contributed by atoms with van der Waals surface area (Å²) in [7, 11) is 1.95. The molecule has 0 radical (unpaired) electrons. The lowest BCUT2D eigenvalue weighted by Gasteiger charge is -2.28. The first-order valence-electron chi connectivity index (χ1n) is 5.34. The van der Waals surface area contributed by atoms with Crippen LogP contribution in [0.15, 0.2) is 18.2 Å². The molecule has 0 amide bonds. The molecule has 84 valence electrons. The highest BCUT2D eigenvalue weighted by Gasteiger charge is 2.13. The zero-order valence-electron chi connectivity index (χ0n) is 9.63. The third kappa shape index (κ3) is 2.61. The number of anilines is 2. The SMILES string of the molecule is CCCC(C)N(C)c1cccc(F)c1N. The number of nitrogens with two attached hydrogens (primary N) is 1. The summed E-state index contributed by atoms with van der Waals surface area (Å²) in [5, 5.41) is 0. The van der Waals surface area contributed by atoms with Gasteiger partial charge < -0.3 is 10.6 Å². The average molecular weight is 210 g/mol. The number of para-hydroxylation sites is 1. The summed E-state index contributed by atoms with van der Waals surface area (Å²) in [6.45, 7) is 4.26. The minimum Gasteiger partial charge on any atom is -0.395 e. The van der Waals surface area contributed by atoms with E-state index >= 15 is 0 Å². The quantitative estimate of drug-likeness (QED) is 0.774. The van der Waals surface area contributed by atoms with Crippen LogP contribution in [-0.2, 0) is 0 Å². The lowest BCUT2D eigenvalue weighted by atomic mass is 10.1. The van der Waals surface area contributed by atoms with Crippen molar-refractivity contribution in [2.75, 3.05) is 17.7 Å². The topological polar surface area (TPSA) is 29.3 Å². The first kappa shape index (κ1) is 11.8. The van der Waals surface area contributed by atoms with Gasteiger partial charge in [-0.3, -0.25) is 0 Å². The molecule has 1 aromatic carbocycles. The van der Waals surface area contributed by atoms with E-state index in [0.29, 0.717) is 6.04 Å². The normalized spacial score (nSPS) is 12.5. The standard InChI is InChI=1S/C12H19FN2/c1-4-6-9(2)15(3)11-8-5-7-10(13)12(11)14/h5,7-9H,4,6,14H2,1-3H3. The summed E-state index contributed by atoms with van der Waals surface area (Å²) in [6.07, 6.45) is 2.19. The van der Waals surface area contributed by atoms with Crippen LogP contribution in [0, 0.1) is 5.82 Å². The van der Waals surface area contributed by atoms with E-state index < -0.39 is 0 Å². The highest BCUT2D eigenvalue weighted by Crippen LogP contribution is 2.26. The van der Waals surface area contributed by atoms with Gasteiger partial charge in [0.1, 0.15) is 5.82 Å². The first-order chi connectivity index (χ1) is 7.07. The van der Waals surface area contributed by atoms with Crippen molar-refractivity contribution in [1.82, 2.24) is 0 Å². The highest BCUT2D eigenvalue weighted by atomic mass is 19.1. The second-order valence-corrected chi connectivity index (χ2v) is 3.92. The molecule has 0 spiro atoms. The van der Waals surface area contributed by atoms with Crippen molar-refractivity contribution in [2.45, 2.75) is 32.7 Å². The van der Waals surface area contributed by atoms with Crippen LogP contribution < -0.4 is 10.6 Å². The molecule has 0 aliphatic heterocycles. The molecular formula is C12H19FN2. The van der Waals surface area contributed by atoms with Crippen molar-refractivity contribution < 1.29 is 4.39 Å². The predicted molar refractivity (Wildman–Crippen MR) is 63.6 cm³/mol. The van der Waals surface area contributed by atoms with E-state index in [2.05, 4.69) is 13.8 Å². The fourth-order valence-electron chi connectivity index (χ4n) is 1.68. The predicted octanol–water partition coefficient (Wildman–Crippen LogP) is 3.03. The summed E-state index contributed by atoms with van der Waals surface area (Å²) in [5.74, 6) is -0.344. The second-order valence-electron chi connectivity index (χ2n) is 3.92. The van der Waals surface area contributed by atoms with Crippen molar-refractivity contribution in [1.29, 1.82) is 0 Å². The van der Waals surface area contributed by atoms with Gasteiger partial charge in [0.15, 0.2) is 0 Å². The molecule has 3 heteroatoms. The van der Waals surface area contributed by atoms with Crippen molar-refractivity contribution in [2.24, 2.45) is 0 Å². The van der Waals surface area contributed by atoms with Gasteiger partial charge >= 0.3 is 0 Å². The maximum Gasteiger partial charge on any atom is 0.148 e. The molecule has 2 nitrogen and oxygen atoms in total. The van der Waals surface area contributed by atoms with E-state index in [-0.39, 0.29) is 11.5 Å². The molecule has 0 aromatic heterocycles. The molecule has 1 atom stereocenters. The van der Waals surface area contributed by atoms with E-state index in [4.69, 9.17) is 5.73 Å². The van der Waals surface area contributed by atoms with E-state index in [1.54, 1.807) is 6.07 Å². The monoisotopic (exact) mass is 210 g/mol. The molecule has 0 aliphatic carbocycles. The van der Waals surface area contributed by atoms with Gasteiger partial charge in [-0.1, -0.05) is 19.4 Å². The summed E-state index contributed by atoms with van der Waals surface area (Å²) in [6, 6.07) is 5.30. The zero-order chi connectivity index (χ0) is 11.4. The summed E-state index contributed by atoms with van der Waals surface area (Å²) in [4.78, 5) is 2.03. The maximum atomic E-state index is 13.2. The molecule has 0 heterocycles. The number of nitrogen functional groups attached to an aromatic ring is 1. The van der Waals surface area contributed by atoms with Crippen LogP contribution in [0.4, 0.5) is 15.8 Å². The van der Waals surface area contributed by atoms with Crippen LogP contribution >= 0.6 is 0 Å². The molecule has 0 bridgehead atoms. The molecule has 0 saturated carbocycles. The molecule has 0 saturated heterocycles. The fraction of sp³-hybridized carbons (Fsp3) is 0.500. The van der Waals surface area contributed by atoms with E-state index in [1.807, 2.05) is 18.0 Å². The van der Waals surface area contributed by atoms with Gasteiger partial charge in [0.25, 0.3) is 0 Å². The summed E-state index contributed by atoms with van der Waals surface area (Å²) >= 11 is 0. The smallest absolute Gasteiger partial charge is 0.148 e. The van der Waals surface area contributed by atoms with Crippen molar-refractivity contribution in [3.05, 3.63) is 24.0 Å². The Kier molecular flexibility index (Phi) is 3.95. The molecule has 0 aliphatic rings. The largest absolute Gasteiger partial charge is 0.395 e. The molecule has 15 heavy (non-hydrogen) atoms. The number of rotatable bonds is 4. The van der Waals surface area contributed by atoms with Crippen molar-refractivity contribution in [3.63, 3.8) is 0 Å². The minimum absolute atomic E-state index is 0.239. The Balaban J connectivity index is 2.90. The maximum absolute atomic E-state index is 13.2. The third-order valence-electron chi connectivity index (χ3n) is 2.78. The Labute approximate surface area is 90.9 Å². The number of hydrogen-bond donors (Lipinski definition) is 1. The van der Waals surface area contributed by atoms with Gasteiger partial charge in [-0.2, -0.15) is 0 Å². The lowest BCUT2D eigenvalue weighted by Crippen LogP contribution is -2.29. The second kappa shape index (κ2) is 5.01. The molecule has 1 aromatic rings. The van der Waals surface area contributed by atoms with Crippen LogP contribution in [-0.4, -0.2) is 13.1 Å². The van der Waals surface area contributed by atoms with Gasteiger partial charge in [-0.15, -0.1) is 0 Å². The van der Waals surface area contributed by atoms with E-state index in [9.17, 15) is 4.39 Å². The highest BCUT2D eigenvalue weighted by molar-refractivity contribution is 5.68. The van der Waals surface area contributed by atoms with Crippen molar-refractivity contribution in [3.8, 4) is 0 Å². The van der Waals surface area contributed by atoms with Crippen molar-refractivity contribution >= 4 is 11.4 Å². The summed E-state index contributed by atoms with van der Waals surface area (Å²) < 4.78 is 13.2. The van der Waals surface area contributed by atoms with Crippen LogP contribution in [0.1, 0.15) is 26.7 Å². The van der Waals surface area contributed by atoms with Crippen LogP contribution in [0.2, 0.25) is 0 Å². The Morgan fingerprint density at radius 1 is 1.47 bits per heavy atom. The van der Waals surface area contributed by atoms with E-state index in [0.717, 1.165) is 18.5 Å². The van der Waals surface area contributed by atoms with Crippen LogP contribution in [0.5, 0.6) is 0 Å². The number of benzene rings is 1. The molecule has 2 N–H and O–H groups in total. The number of nitrogens with zero attached hydrogens (tertiary/aromatic N) is 1. The Morgan fingerprint density at radius 3 is 2.73 bits per heavy atom. The Morgan fingerprint density at radius 2 is 2.13 bits per heavy atom. The van der Waals surface area contributed by atoms with Gasteiger partial charge in [0.2, 0.25) is 0 Å². The zero-order valence-corrected chi connectivity index (χ0v) is 9.63. The van der Waals surface area contributed by atoms with Crippen LogP contribution in [0.25, 0.3) is 0 Å². The van der Waals surface area contributed by atoms with Gasteiger partial charge in [0, 0.05) is 13.1 Å². The Bertz CT molecular complexity index is 325. The lowest BCUT2D eigenvalue weighted by molar-refractivity contribution is 0.609. The summed E-state index contributed by atoms with van der Waals surface area (Å²) in [5.41, 5.74) is 6.71. The average Bonchev–Trinajstić information content (AvgIpc) is 2.21. The van der Waals surface area contributed by atoms with E-state index in [1.165, 1.54) is 6.07 Å².